The van der Waals surface area contributed by atoms with Crippen molar-refractivity contribution >= 4 is 22.4 Å². The summed E-state index contributed by atoms with van der Waals surface area (Å²) in [7, 11) is 0. The van der Waals surface area contributed by atoms with Gasteiger partial charge < -0.3 is 4.74 Å². The van der Waals surface area contributed by atoms with Crippen LogP contribution in [0.3, 0.4) is 0 Å². The molecule has 1 aromatic carbocycles. The van der Waals surface area contributed by atoms with Crippen LogP contribution in [0.25, 0.3) is 0 Å². The maximum atomic E-state index is 12.1. The number of benzene rings is 1. The van der Waals surface area contributed by atoms with Crippen molar-refractivity contribution in [3.63, 3.8) is 0 Å². The number of nitrogens with one attached hydrogen (secondary N) is 1. The molecule has 0 saturated carbocycles. The molecule has 7 heteroatoms. The zero-order valence-electron chi connectivity index (χ0n) is 13.4. The number of para-hydroxylation sites is 1. The van der Waals surface area contributed by atoms with Gasteiger partial charge in [-0.15, -0.1) is 11.3 Å². The summed E-state index contributed by atoms with van der Waals surface area (Å²) in [5.74, 6) is 0.133. The van der Waals surface area contributed by atoms with Crippen LogP contribution < -0.4 is 10.1 Å². The van der Waals surface area contributed by atoms with Gasteiger partial charge in [0.1, 0.15) is 11.8 Å². The van der Waals surface area contributed by atoms with Gasteiger partial charge in [0.05, 0.1) is 11.3 Å². The lowest BCUT2D eigenvalue weighted by atomic mass is 10.2. The van der Waals surface area contributed by atoms with Crippen molar-refractivity contribution in [2.75, 3.05) is 25.0 Å². The molecule has 1 aromatic heterocycles. The summed E-state index contributed by atoms with van der Waals surface area (Å²) in [6.45, 7) is 4.92. The summed E-state index contributed by atoms with van der Waals surface area (Å²) in [4.78, 5) is 20.1. The van der Waals surface area contributed by atoms with Crippen molar-refractivity contribution in [3.05, 3.63) is 40.4 Å². The van der Waals surface area contributed by atoms with Crippen LogP contribution >= 0.6 is 11.3 Å². The maximum absolute atomic E-state index is 12.1. The molecule has 6 nitrogen and oxygen atoms in total. The number of amides is 1. The van der Waals surface area contributed by atoms with E-state index < -0.39 is 0 Å². The number of thiazole rings is 1. The minimum atomic E-state index is -0.277. The zero-order chi connectivity index (χ0) is 16.9. The first-order valence-electron chi connectivity index (χ1n) is 7.82. The van der Waals surface area contributed by atoms with Crippen LogP contribution in [0.5, 0.6) is 5.75 Å². The molecule has 3 rings (SSSR count). The molecule has 0 saturated heterocycles. The van der Waals surface area contributed by atoms with E-state index in [2.05, 4.69) is 22.1 Å². The SMILES string of the molecule is CCN1CCc2nc(NC(=O)COc3ccccc3C#N)sc2C1. The largest absolute Gasteiger partial charge is 0.482 e. The second-order valence-corrected chi connectivity index (χ2v) is 6.54. The number of ether oxygens (including phenoxy) is 1. The number of carbonyl (C=O) groups excluding carboxylic acids is 1. The van der Waals surface area contributed by atoms with Gasteiger partial charge in [0.15, 0.2) is 11.7 Å². The van der Waals surface area contributed by atoms with Crippen molar-refractivity contribution in [2.45, 2.75) is 19.9 Å². The Kier molecular flexibility index (Phi) is 5.08. The quantitative estimate of drug-likeness (QED) is 0.903. The highest BCUT2D eigenvalue weighted by atomic mass is 32.1. The number of likely N-dealkylation sites (N-methyl/N-ethyl adjacent to an activating group) is 1. The molecule has 124 valence electrons. The molecule has 0 radical (unpaired) electrons. The van der Waals surface area contributed by atoms with Crippen LogP contribution in [0.1, 0.15) is 23.1 Å². The number of hydrogen-bond donors (Lipinski definition) is 1. The van der Waals surface area contributed by atoms with Crippen molar-refractivity contribution in [1.82, 2.24) is 9.88 Å². The molecule has 0 atom stereocenters. The molecular formula is C17H18N4O2S. The van der Waals surface area contributed by atoms with Crippen LogP contribution in [0, 0.1) is 11.3 Å². The number of fused-ring (bicyclic) bond motifs is 1. The number of rotatable bonds is 5. The molecule has 0 aliphatic carbocycles. The van der Waals surface area contributed by atoms with Crippen LogP contribution in [0.4, 0.5) is 5.13 Å². The van der Waals surface area contributed by atoms with E-state index in [0.717, 1.165) is 31.7 Å². The van der Waals surface area contributed by atoms with Gasteiger partial charge in [-0.05, 0) is 18.7 Å². The predicted octanol–water partition coefficient (Wildman–Crippen LogP) is 2.41. The Labute approximate surface area is 144 Å². The number of aromatic nitrogens is 1. The minimum Gasteiger partial charge on any atom is -0.482 e. The Morgan fingerprint density at radius 3 is 3.12 bits per heavy atom. The molecule has 1 aliphatic heterocycles. The number of nitriles is 1. The number of hydrogen-bond acceptors (Lipinski definition) is 6. The van der Waals surface area contributed by atoms with Crippen LogP contribution in [0.15, 0.2) is 24.3 Å². The first-order chi connectivity index (χ1) is 11.7. The fourth-order valence-corrected chi connectivity index (χ4v) is 3.62. The molecule has 1 amide bonds. The predicted molar refractivity (Wildman–Crippen MR) is 92.1 cm³/mol. The monoisotopic (exact) mass is 342 g/mol. The summed E-state index contributed by atoms with van der Waals surface area (Å²) >= 11 is 1.52. The Morgan fingerprint density at radius 2 is 2.33 bits per heavy atom. The molecule has 0 spiro atoms. The van der Waals surface area contributed by atoms with E-state index in [-0.39, 0.29) is 12.5 Å². The lowest BCUT2D eigenvalue weighted by Gasteiger charge is -2.23. The molecule has 24 heavy (non-hydrogen) atoms. The molecule has 2 heterocycles. The Hall–Kier alpha value is -2.43. The minimum absolute atomic E-state index is 0.149. The zero-order valence-corrected chi connectivity index (χ0v) is 14.2. The average Bonchev–Trinajstić information content (AvgIpc) is 3.01. The van der Waals surface area contributed by atoms with E-state index in [1.807, 2.05) is 6.07 Å². The summed E-state index contributed by atoms with van der Waals surface area (Å²) in [5, 5.41) is 12.4. The lowest BCUT2D eigenvalue weighted by molar-refractivity contribution is -0.118. The molecular weight excluding hydrogens is 324 g/mol. The summed E-state index contributed by atoms with van der Waals surface area (Å²) in [6.07, 6.45) is 0.918. The topological polar surface area (TPSA) is 78.2 Å². The first kappa shape index (κ1) is 16.4. The van der Waals surface area contributed by atoms with Crippen molar-refractivity contribution in [2.24, 2.45) is 0 Å². The van der Waals surface area contributed by atoms with Crippen molar-refractivity contribution in [3.8, 4) is 11.8 Å². The molecule has 0 bridgehead atoms. The van der Waals surface area contributed by atoms with Gasteiger partial charge in [-0.25, -0.2) is 4.98 Å². The Balaban J connectivity index is 1.58. The van der Waals surface area contributed by atoms with Crippen LogP contribution in [-0.2, 0) is 17.8 Å². The van der Waals surface area contributed by atoms with Crippen molar-refractivity contribution < 1.29 is 9.53 Å². The lowest BCUT2D eigenvalue weighted by Crippen LogP contribution is -2.29. The van der Waals surface area contributed by atoms with E-state index in [9.17, 15) is 4.79 Å². The number of nitrogens with zero attached hydrogens (tertiary/aromatic N) is 3. The second-order valence-electron chi connectivity index (χ2n) is 5.45. The molecule has 2 aromatic rings. The van der Waals surface area contributed by atoms with Gasteiger partial charge in [0.25, 0.3) is 5.91 Å². The van der Waals surface area contributed by atoms with E-state index in [4.69, 9.17) is 10.00 Å². The van der Waals surface area contributed by atoms with Gasteiger partial charge in [-0.2, -0.15) is 5.26 Å². The third-order valence-corrected chi connectivity index (χ3v) is 4.87. The maximum Gasteiger partial charge on any atom is 0.264 e. The highest BCUT2D eigenvalue weighted by molar-refractivity contribution is 7.15. The molecule has 0 fully saturated rings. The average molecular weight is 342 g/mol. The fraction of sp³-hybridized carbons (Fsp3) is 0.353. The summed E-state index contributed by atoms with van der Waals surface area (Å²) < 4.78 is 5.43. The summed E-state index contributed by atoms with van der Waals surface area (Å²) in [5.41, 5.74) is 1.49. The van der Waals surface area contributed by atoms with Crippen LogP contribution in [-0.4, -0.2) is 35.5 Å². The third kappa shape index (κ3) is 3.72. The van der Waals surface area contributed by atoms with E-state index in [0.29, 0.717) is 16.4 Å². The van der Waals surface area contributed by atoms with E-state index in [1.54, 1.807) is 24.3 Å². The molecule has 1 aliphatic rings. The number of anilines is 1. The normalized spacial score (nSPS) is 13.8. The summed E-state index contributed by atoms with van der Waals surface area (Å²) in [6, 6.07) is 8.89. The first-order valence-corrected chi connectivity index (χ1v) is 8.64. The third-order valence-electron chi connectivity index (χ3n) is 3.87. The highest BCUT2D eigenvalue weighted by Crippen LogP contribution is 2.28. The fourth-order valence-electron chi connectivity index (χ4n) is 2.56. The standard InChI is InChI=1S/C17H18N4O2S/c1-2-21-8-7-13-15(10-21)24-17(19-13)20-16(22)11-23-14-6-4-3-5-12(14)9-18/h3-6H,2,7-8,10-11H2,1H3,(H,19,20,22). The Morgan fingerprint density at radius 1 is 1.50 bits per heavy atom. The molecule has 0 unspecified atom stereocenters. The number of carbonyl (C=O) groups is 1. The van der Waals surface area contributed by atoms with Gasteiger partial charge in [-0.1, -0.05) is 19.1 Å². The van der Waals surface area contributed by atoms with E-state index in [1.165, 1.54) is 16.2 Å². The van der Waals surface area contributed by atoms with Gasteiger partial charge in [0.2, 0.25) is 0 Å². The van der Waals surface area contributed by atoms with Gasteiger partial charge in [-0.3, -0.25) is 15.0 Å². The second kappa shape index (κ2) is 7.43. The molecule has 1 N–H and O–H groups in total. The highest BCUT2D eigenvalue weighted by Gasteiger charge is 2.20. The van der Waals surface area contributed by atoms with Gasteiger partial charge >= 0.3 is 0 Å². The van der Waals surface area contributed by atoms with Gasteiger partial charge in [0, 0.05) is 24.4 Å². The van der Waals surface area contributed by atoms with Crippen molar-refractivity contribution in [1.29, 1.82) is 5.26 Å². The van der Waals surface area contributed by atoms with E-state index >= 15 is 0 Å². The smallest absolute Gasteiger partial charge is 0.264 e. The van der Waals surface area contributed by atoms with Crippen LogP contribution in [0.2, 0.25) is 0 Å². The Bertz CT molecular complexity index is 781.